The summed E-state index contributed by atoms with van der Waals surface area (Å²) in [7, 11) is -3.55. The Morgan fingerprint density at radius 2 is 1.89 bits per heavy atom. The van der Waals surface area contributed by atoms with Crippen molar-refractivity contribution in [2.45, 2.75) is 44.6 Å². The third-order valence-electron chi connectivity index (χ3n) is 2.33. The Bertz CT molecular complexity index is 516. The van der Waals surface area contributed by atoms with E-state index in [2.05, 4.69) is 4.72 Å². The van der Waals surface area contributed by atoms with Gasteiger partial charge in [-0.25, -0.2) is 13.1 Å². The number of aliphatic hydroxyl groups excluding tert-OH is 1. The van der Waals surface area contributed by atoms with Gasteiger partial charge in [0.25, 0.3) is 0 Å². The van der Waals surface area contributed by atoms with Gasteiger partial charge in [0, 0.05) is 12.1 Å². The molecule has 0 atom stereocenters. The van der Waals surface area contributed by atoms with E-state index in [4.69, 9.17) is 5.11 Å². The van der Waals surface area contributed by atoms with Gasteiger partial charge in [0.05, 0.1) is 4.90 Å². The van der Waals surface area contributed by atoms with Crippen LogP contribution in [0.4, 0.5) is 0 Å². The van der Waals surface area contributed by atoms with Gasteiger partial charge >= 0.3 is 0 Å². The molecule has 0 aromatic heterocycles. The van der Waals surface area contributed by atoms with Crippen molar-refractivity contribution in [2.24, 2.45) is 0 Å². The third kappa shape index (κ3) is 4.08. The number of rotatable bonds is 4. The number of sulfonamides is 1. The zero-order valence-corrected chi connectivity index (χ0v) is 12.1. The van der Waals surface area contributed by atoms with Crippen LogP contribution < -0.4 is 4.72 Å². The number of hydrogen-bond acceptors (Lipinski definition) is 3. The third-order valence-corrected chi connectivity index (χ3v) is 4.17. The van der Waals surface area contributed by atoms with Gasteiger partial charge in [0.1, 0.15) is 0 Å². The van der Waals surface area contributed by atoms with Crippen LogP contribution in [-0.2, 0) is 16.4 Å². The highest BCUT2D eigenvalue weighted by molar-refractivity contribution is 7.89. The molecule has 0 aliphatic heterocycles. The predicted molar refractivity (Wildman–Crippen MR) is 72.0 cm³/mol. The summed E-state index contributed by atoms with van der Waals surface area (Å²) in [5, 5.41) is 9.00. The van der Waals surface area contributed by atoms with E-state index in [1.807, 2.05) is 13.0 Å². The minimum absolute atomic E-state index is 0.0684. The molecule has 0 amide bonds. The van der Waals surface area contributed by atoms with Gasteiger partial charge in [-0.15, -0.1) is 0 Å². The van der Waals surface area contributed by atoms with Crippen LogP contribution in [0.25, 0.3) is 0 Å². The maximum absolute atomic E-state index is 12.3. The zero-order chi connectivity index (χ0) is 14.0. The van der Waals surface area contributed by atoms with E-state index in [0.29, 0.717) is 12.0 Å². The lowest BCUT2D eigenvalue weighted by atomic mass is 10.1. The molecular weight excluding hydrogens is 250 g/mol. The highest BCUT2D eigenvalue weighted by Gasteiger charge is 2.24. The lowest BCUT2D eigenvalue weighted by molar-refractivity contribution is 0.298. The van der Waals surface area contributed by atoms with Gasteiger partial charge in [0.2, 0.25) is 10.0 Å². The van der Waals surface area contributed by atoms with Gasteiger partial charge in [-0.3, -0.25) is 0 Å². The molecule has 0 radical (unpaired) electrons. The molecule has 0 fully saturated rings. The van der Waals surface area contributed by atoms with Crippen LogP contribution in [0.1, 0.15) is 31.9 Å². The predicted octanol–water partition coefficient (Wildman–Crippen LogP) is 1.61. The number of nitrogens with one attached hydrogen (secondary N) is 1. The van der Waals surface area contributed by atoms with Crippen LogP contribution in [0, 0.1) is 6.92 Å². The monoisotopic (exact) mass is 271 g/mol. The first kappa shape index (κ1) is 15.1. The van der Waals surface area contributed by atoms with Gasteiger partial charge in [-0.05, 0) is 51.3 Å². The summed E-state index contributed by atoms with van der Waals surface area (Å²) in [6.45, 7) is 7.17. The summed E-state index contributed by atoms with van der Waals surface area (Å²) in [5.74, 6) is 0. The molecule has 0 saturated heterocycles. The summed E-state index contributed by atoms with van der Waals surface area (Å²) in [6.07, 6.45) is 0.334. The van der Waals surface area contributed by atoms with E-state index < -0.39 is 15.6 Å². The number of aliphatic hydroxyl groups is 1. The van der Waals surface area contributed by atoms with Crippen molar-refractivity contribution in [3.63, 3.8) is 0 Å². The van der Waals surface area contributed by atoms with Crippen molar-refractivity contribution < 1.29 is 13.5 Å². The second-order valence-corrected chi connectivity index (χ2v) is 7.09. The second kappa shape index (κ2) is 5.38. The van der Waals surface area contributed by atoms with Crippen LogP contribution >= 0.6 is 0 Å². The van der Waals surface area contributed by atoms with E-state index in [-0.39, 0.29) is 11.5 Å². The summed E-state index contributed by atoms with van der Waals surface area (Å²) in [6, 6.07) is 5.24. The van der Waals surface area contributed by atoms with E-state index in [0.717, 1.165) is 5.56 Å². The quantitative estimate of drug-likeness (QED) is 0.874. The smallest absolute Gasteiger partial charge is 0.241 e. The summed E-state index contributed by atoms with van der Waals surface area (Å²) in [4.78, 5) is 0.256. The number of aryl methyl sites for hydroxylation is 1. The van der Waals surface area contributed by atoms with Gasteiger partial charge in [0.15, 0.2) is 0 Å². The van der Waals surface area contributed by atoms with E-state index in [1.165, 1.54) is 0 Å². The van der Waals surface area contributed by atoms with E-state index >= 15 is 0 Å². The number of hydrogen-bond donors (Lipinski definition) is 2. The van der Waals surface area contributed by atoms with Crippen molar-refractivity contribution in [3.8, 4) is 0 Å². The molecule has 0 bridgehead atoms. The first-order valence-electron chi connectivity index (χ1n) is 5.90. The van der Waals surface area contributed by atoms with Crippen molar-refractivity contribution in [1.82, 2.24) is 4.72 Å². The first-order valence-corrected chi connectivity index (χ1v) is 7.38. The average Bonchev–Trinajstić information content (AvgIpc) is 2.17. The topological polar surface area (TPSA) is 66.4 Å². The van der Waals surface area contributed by atoms with Crippen LogP contribution in [0.15, 0.2) is 23.1 Å². The fourth-order valence-electron chi connectivity index (χ4n) is 1.70. The summed E-state index contributed by atoms with van der Waals surface area (Å²) in [5.41, 5.74) is 0.991. The van der Waals surface area contributed by atoms with Crippen molar-refractivity contribution in [3.05, 3.63) is 29.3 Å². The molecule has 2 N–H and O–H groups in total. The van der Waals surface area contributed by atoms with Gasteiger partial charge in [-0.1, -0.05) is 12.1 Å². The Balaban J connectivity index is 3.26. The summed E-state index contributed by atoms with van der Waals surface area (Å²) >= 11 is 0. The Morgan fingerprint density at radius 3 is 2.39 bits per heavy atom. The Labute approximate surface area is 109 Å². The molecule has 1 aromatic carbocycles. The molecule has 0 saturated carbocycles. The molecule has 0 aliphatic rings. The normalized spacial score (nSPS) is 12.7. The molecule has 0 unspecified atom stereocenters. The van der Waals surface area contributed by atoms with Crippen molar-refractivity contribution in [2.75, 3.05) is 6.61 Å². The second-order valence-electron chi connectivity index (χ2n) is 5.44. The molecule has 0 spiro atoms. The highest BCUT2D eigenvalue weighted by atomic mass is 32.2. The average molecular weight is 271 g/mol. The van der Waals surface area contributed by atoms with Crippen LogP contribution in [0.5, 0.6) is 0 Å². The molecule has 18 heavy (non-hydrogen) atoms. The number of benzene rings is 1. The molecule has 4 nitrogen and oxygen atoms in total. The van der Waals surface area contributed by atoms with Gasteiger partial charge < -0.3 is 5.11 Å². The first-order chi connectivity index (χ1) is 8.15. The largest absolute Gasteiger partial charge is 0.396 e. The maximum atomic E-state index is 12.3. The molecule has 0 aliphatic carbocycles. The molecule has 0 heterocycles. The Hall–Kier alpha value is -0.910. The lowest BCUT2D eigenvalue weighted by Gasteiger charge is -2.21. The highest BCUT2D eigenvalue weighted by Crippen LogP contribution is 2.20. The minimum Gasteiger partial charge on any atom is -0.396 e. The fraction of sp³-hybridized carbons (Fsp3) is 0.538. The van der Waals surface area contributed by atoms with Crippen LogP contribution in [0.2, 0.25) is 0 Å². The van der Waals surface area contributed by atoms with E-state index in [9.17, 15) is 8.42 Å². The fourth-order valence-corrected chi connectivity index (χ4v) is 3.47. The molecule has 102 valence electrons. The van der Waals surface area contributed by atoms with Gasteiger partial charge in [-0.2, -0.15) is 0 Å². The lowest BCUT2D eigenvalue weighted by Crippen LogP contribution is -2.40. The Kier molecular flexibility index (Phi) is 4.53. The molecular formula is C13H21NO3S. The molecule has 1 rings (SSSR count). The molecule has 5 heteroatoms. The Morgan fingerprint density at radius 1 is 1.28 bits per heavy atom. The van der Waals surface area contributed by atoms with Crippen molar-refractivity contribution in [1.29, 1.82) is 0 Å². The SMILES string of the molecule is Cc1ccc(CCO)c(S(=O)(=O)NC(C)(C)C)c1. The van der Waals surface area contributed by atoms with E-state index in [1.54, 1.807) is 32.9 Å². The maximum Gasteiger partial charge on any atom is 0.241 e. The zero-order valence-electron chi connectivity index (χ0n) is 11.3. The molecule has 1 aromatic rings. The van der Waals surface area contributed by atoms with Crippen molar-refractivity contribution >= 4 is 10.0 Å². The minimum atomic E-state index is -3.55. The standard InChI is InChI=1S/C13H21NO3S/c1-10-5-6-11(7-8-15)12(9-10)18(16,17)14-13(2,3)4/h5-6,9,14-15H,7-8H2,1-4H3. The van der Waals surface area contributed by atoms with Crippen LogP contribution in [-0.4, -0.2) is 25.7 Å². The summed E-state index contributed by atoms with van der Waals surface area (Å²) < 4.78 is 27.2. The van der Waals surface area contributed by atoms with Crippen LogP contribution in [0.3, 0.4) is 0 Å².